The molecule has 0 radical (unpaired) electrons. The van der Waals surface area contributed by atoms with Gasteiger partial charge >= 0.3 is 0 Å². The smallest absolute Gasteiger partial charge is 0.216 e. The van der Waals surface area contributed by atoms with E-state index in [0.29, 0.717) is 12.3 Å². The molecule has 0 heterocycles. The summed E-state index contributed by atoms with van der Waals surface area (Å²) in [7, 11) is 0. The molecule has 0 saturated heterocycles. The van der Waals surface area contributed by atoms with Crippen molar-refractivity contribution in [1.82, 2.24) is 4.72 Å². The second-order valence-corrected chi connectivity index (χ2v) is 2.80. The maximum atomic E-state index is 9.65. The molecule has 8 heavy (non-hydrogen) atoms. The van der Waals surface area contributed by atoms with Crippen molar-refractivity contribution in [2.45, 2.75) is 13.8 Å². The molecule has 0 aliphatic heterocycles. The second-order valence-electron chi connectivity index (χ2n) is 1.94. The lowest BCUT2D eigenvalue weighted by molar-refractivity contribution is -0.107. The minimum absolute atomic E-state index is 0.646. The summed E-state index contributed by atoms with van der Waals surface area (Å²) in [5.41, 5.74) is 0. The maximum absolute atomic E-state index is 9.65. The van der Waals surface area contributed by atoms with Gasteiger partial charge in [0, 0.05) is 5.75 Å². The van der Waals surface area contributed by atoms with Crippen LogP contribution >= 0.6 is 11.9 Å². The highest BCUT2D eigenvalue weighted by Crippen LogP contribution is 2.00. The molecule has 0 aliphatic carbocycles. The van der Waals surface area contributed by atoms with Crippen LogP contribution in [0.25, 0.3) is 0 Å². The normalized spacial score (nSPS) is 9.38. The highest BCUT2D eigenvalue weighted by atomic mass is 32.2. The number of carbonyl (C=O) groups is 1. The van der Waals surface area contributed by atoms with Gasteiger partial charge in [-0.1, -0.05) is 25.8 Å². The number of amides is 1. The van der Waals surface area contributed by atoms with Crippen LogP contribution in [0, 0.1) is 5.92 Å². The van der Waals surface area contributed by atoms with Gasteiger partial charge in [0.15, 0.2) is 0 Å². The molecule has 0 bridgehead atoms. The van der Waals surface area contributed by atoms with E-state index in [0.717, 1.165) is 5.75 Å². The standard InChI is InChI=1S/C5H11NOS/c1-5(2)3-8-6-4-7/h4-5H,3H2,1-2H3,(H,6,7). The third kappa shape index (κ3) is 5.82. The highest BCUT2D eigenvalue weighted by molar-refractivity contribution is 7.97. The van der Waals surface area contributed by atoms with Gasteiger partial charge in [-0.05, 0) is 5.92 Å². The van der Waals surface area contributed by atoms with Crippen LogP contribution in [-0.4, -0.2) is 12.2 Å². The van der Waals surface area contributed by atoms with E-state index >= 15 is 0 Å². The fourth-order valence-electron chi connectivity index (χ4n) is 0.249. The fourth-order valence-corrected chi connectivity index (χ4v) is 0.746. The van der Waals surface area contributed by atoms with E-state index in [1.165, 1.54) is 11.9 Å². The molecule has 0 aromatic heterocycles. The first-order valence-electron chi connectivity index (χ1n) is 2.58. The Bertz CT molecular complexity index is 65.4. The van der Waals surface area contributed by atoms with Gasteiger partial charge in [0.1, 0.15) is 0 Å². The van der Waals surface area contributed by atoms with Gasteiger partial charge in [-0.3, -0.25) is 4.79 Å². The Labute approximate surface area is 54.2 Å². The van der Waals surface area contributed by atoms with Crippen molar-refractivity contribution in [2.24, 2.45) is 5.92 Å². The molecule has 0 atom stereocenters. The van der Waals surface area contributed by atoms with Crippen molar-refractivity contribution < 1.29 is 4.79 Å². The molecular weight excluding hydrogens is 122 g/mol. The van der Waals surface area contributed by atoms with E-state index in [9.17, 15) is 4.79 Å². The van der Waals surface area contributed by atoms with Crippen LogP contribution in [-0.2, 0) is 4.79 Å². The van der Waals surface area contributed by atoms with Gasteiger partial charge < -0.3 is 4.72 Å². The van der Waals surface area contributed by atoms with Crippen LogP contribution in [0.3, 0.4) is 0 Å². The Kier molecular flexibility index (Phi) is 4.85. The minimum atomic E-state index is 0.646. The number of hydrogen-bond acceptors (Lipinski definition) is 2. The van der Waals surface area contributed by atoms with Gasteiger partial charge in [0.25, 0.3) is 0 Å². The van der Waals surface area contributed by atoms with E-state index in [1.54, 1.807) is 0 Å². The van der Waals surface area contributed by atoms with Gasteiger partial charge in [-0.25, -0.2) is 0 Å². The van der Waals surface area contributed by atoms with E-state index in [1.807, 2.05) is 0 Å². The van der Waals surface area contributed by atoms with E-state index in [4.69, 9.17) is 0 Å². The van der Waals surface area contributed by atoms with Crippen LogP contribution < -0.4 is 4.72 Å². The lowest BCUT2D eigenvalue weighted by Gasteiger charge is -1.99. The van der Waals surface area contributed by atoms with Gasteiger partial charge in [-0.2, -0.15) is 0 Å². The summed E-state index contributed by atoms with van der Waals surface area (Å²) < 4.78 is 2.52. The maximum Gasteiger partial charge on any atom is 0.216 e. The average molecular weight is 133 g/mol. The van der Waals surface area contributed by atoms with E-state index < -0.39 is 0 Å². The zero-order valence-corrected chi connectivity index (χ0v) is 5.99. The summed E-state index contributed by atoms with van der Waals surface area (Å²) in [6, 6.07) is 0. The Hall–Kier alpha value is -0.180. The minimum Gasteiger partial charge on any atom is -0.303 e. The van der Waals surface area contributed by atoms with Crippen molar-refractivity contribution in [3.05, 3.63) is 0 Å². The van der Waals surface area contributed by atoms with Crippen LogP contribution in [0.1, 0.15) is 13.8 Å². The molecule has 48 valence electrons. The first kappa shape index (κ1) is 7.82. The third-order valence-electron chi connectivity index (χ3n) is 0.548. The molecule has 0 rings (SSSR count). The van der Waals surface area contributed by atoms with Gasteiger partial charge in [0.05, 0.1) is 0 Å². The molecule has 0 aromatic rings. The Morgan fingerprint density at radius 2 is 2.38 bits per heavy atom. The molecular formula is C5H11NOS. The van der Waals surface area contributed by atoms with Crippen LogP contribution in [0.4, 0.5) is 0 Å². The Balaban J connectivity index is 2.81. The van der Waals surface area contributed by atoms with Crippen molar-refractivity contribution >= 4 is 18.4 Å². The zero-order valence-electron chi connectivity index (χ0n) is 5.18. The van der Waals surface area contributed by atoms with Crippen LogP contribution in [0.5, 0.6) is 0 Å². The molecule has 0 aromatic carbocycles. The number of carbonyl (C=O) groups excluding carboxylic acids is 1. The fraction of sp³-hybridized carbons (Fsp3) is 0.800. The van der Waals surface area contributed by atoms with Gasteiger partial charge in [-0.15, -0.1) is 0 Å². The molecule has 1 N–H and O–H groups in total. The second kappa shape index (κ2) is 4.97. The first-order chi connectivity index (χ1) is 3.77. The molecule has 3 heteroatoms. The van der Waals surface area contributed by atoms with Crippen molar-refractivity contribution in [3.63, 3.8) is 0 Å². The largest absolute Gasteiger partial charge is 0.303 e. The Morgan fingerprint density at radius 3 is 2.75 bits per heavy atom. The summed E-state index contributed by atoms with van der Waals surface area (Å²) in [5.74, 6) is 1.63. The monoisotopic (exact) mass is 133 g/mol. The van der Waals surface area contributed by atoms with Crippen molar-refractivity contribution in [1.29, 1.82) is 0 Å². The molecule has 0 unspecified atom stereocenters. The zero-order chi connectivity index (χ0) is 6.41. The van der Waals surface area contributed by atoms with E-state index in [2.05, 4.69) is 18.6 Å². The molecule has 0 saturated carbocycles. The van der Waals surface area contributed by atoms with Crippen molar-refractivity contribution in [3.8, 4) is 0 Å². The quantitative estimate of drug-likeness (QED) is 0.352. The molecule has 0 fully saturated rings. The lowest BCUT2D eigenvalue weighted by atomic mass is 10.3. The highest BCUT2D eigenvalue weighted by Gasteiger charge is 1.90. The van der Waals surface area contributed by atoms with Crippen molar-refractivity contribution in [2.75, 3.05) is 5.75 Å². The van der Waals surface area contributed by atoms with Crippen LogP contribution in [0.2, 0.25) is 0 Å². The lowest BCUT2D eigenvalue weighted by Crippen LogP contribution is -2.02. The molecule has 0 aliphatic rings. The van der Waals surface area contributed by atoms with Gasteiger partial charge in [0.2, 0.25) is 6.41 Å². The predicted octanol–water partition coefficient (Wildman–Crippen LogP) is 1.04. The molecule has 0 spiro atoms. The number of nitrogens with one attached hydrogen (secondary N) is 1. The van der Waals surface area contributed by atoms with Crippen LogP contribution in [0.15, 0.2) is 0 Å². The van der Waals surface area contributed by atoms with E-state index in [-0.39, 0.29) is 0 Å². The summed E-state index contributed by atoms with van der Waals surface area (Å²) in [6.45, 7) is 4.22. The number of rotatable bonds is 4. The first-order valence-corrected chi connectivity index (χ1v) is 3.57. The summed E-state index contributed by atoms with van der Waals surface area (Å²) in [6.07, 6.45) is 0.701. The SMILES string of the molecule is CC(C)CSNC=O. The third-order valence-corrected chi connectivity index (χ3v) is 1.64. The summed E-state index contributed by atoms with van der Waals surface area (Å²) in [4.78, 5) is 9.65. The summed E-state index contributed by atoms with van der Waals surface area (Å²) >= 11 is 1.44. The Morgan fingerprint density at radius 1 is 1.75 bits per heavy atom. The molecule has 1 amide bonds. The molecule has 2 nitrogen and oxygen atoms in total. The number of hydrogen-bond donors (Lipinski definition) is 1. The predicted molar refractivity (Wildman–Crippen MR) is 36.5 cm³/mol. The average Bonchev–Trinajstić information content (AvgIpc) is 1.66. The summed E-state index contributed by atoms with van der Waals surface area (Å²) in [5, 5.41) is 0. The topological polar surface area (TPSA) is 29.1 Å².